The fourth-order valence-electron chi connectivity index (χ4n) is 3.43. The molecule has 25 heavy (non-hydrogen) atoms. The average Bonchev–Trinajstić information content (AvgIpc) is 3.09. The molecular formula is C19H17Br2N3O. The number of amides is 1. The molecule has 0 saturated carbocycles. The van der Waals surface area contributed by atoms with E-state index in [2.05, 4.69) is 36.8 Å². The first-order valence-corrected chi connectivity index (χ1v) is 9.89. The van der Waals surface area contributed by atoms with Crippen LogP contribution in [0.3, 0.4) is 0 Å². The lowest BCUT2D eigenvalue weighted by Gasteiger charge is -2.39. The van der Waals surface area contributed by atoms with E-state index in [9.17, 15) is 4.79 Å². The first kappa shape index (κ1) is 16.8. The minimum atomic E-state index is 0.0274. The summed E-state index contributed by atoms with van der Waals surface area (Å²) in [5.41, 5.74) is 1.78. The van der Waals surface area contributed by atoms with E-state index >= 15 is 0 Å². The molecule has 2 aromatic rings. The van der Waals surface area contributed by atoms with Crippen LogP contribution in [0.15, 0.2) is 62.5 Å². The lowest BCUT2D eigenvalue weighted by atomic mass is 10.1. The van der Waals surface area contributed by atoms with Gasteiger partial charge < -0.3 is 9.80 Å². The second-order valence-electron chi connectivity index (χ2n) is 6.29. The number of amidine groups is 1. The van der Waals surface area contributed by atoms with Crippen LogP contribution in [-0.4, -0.2) is 35.8 Å². The molecule has 128 valence electrons. The number of nitrogens with zero attached hydrogens (tertiary/aromatic N) is 3. The van der Waals surface area contributed by atoms with Crippen molar-refractivity contribution in [1.29, 1.82) is 0 Å². The number of piperazine rings is 1. The summed E-state index contributed by atoms with van der Waals surface area (Å²) in [5.74, 6) is 0.530. The molecule has 1 amide bonds. The van der Waals surface area contributed by atoms with Gasteiger partial charge in [0, 0.05) is 27.7 Å². The van der Waals surface area contributed by atoms with Gasteiger partial charge in [0.15, 0.2) is 5.84 Å². The Bertz CT molecular complexity index is 818. The molecular weight excluding hydrogens is 446 g/mol. The van der Waals surface area contributed by atoms with Gasteiger partial charge in [0.25, 0.3) is 5.91 Å². The summed E-state index contributed by atoms with van der Waals surface area (Å²) in [6, 6.07) is 16.0. The molecule has 2 aromatic carbocycles. The number of benzene rings is 2. The van der Waals surface area contributed by atoms with Gasteiger partial charge in [-0.25, -0.2) is 4.99 Å². The van der Waals surface area contributed by atoms with Crippen LogP contribution in [0.25, 0.3) is 0 Å². The number of aliphatic imine (C=N–C) groups is 1. The van der Waals surface area contributed by atoms with Gasteiger partial charge in [-0.2, -0.15) is 0 Å². The van der Waals surface area contributed by atoms with Crippen molar-refractivity contribution in [3.05, 3.63) is 57.5 Å². The molecule has 0 spiro atoms. The van der Waals surface area contributed by atoms with Crippen molar-refractivity contribution in [1.82, 2.24) is 4.90 Å². The lowest BCUT2D eigenvalue weighted by Crippen LogP contribution is -2.57. The predicted molar refractivity (Wildman–Crippen MR) is 107 cm³/mol. The topological polar surface area (TPSA) is 35.9 Å². The van der Waals surface area contributed by atoms with Crippen LogP contribution < -0.4 is 4.90 Å². The van der Waals surface area contributed by atoms with Crippen molar-refractivity contribution < 1.29 is 4.79 Å². The van der Waals surface area contributed by atoms with E-state index < -0.39 is 0 Å². The molecule has 0 unspecified atom stereocenters. The monoisotopic (exact) mass is 461 g/mol. The van der Waals surface area contributed by atoms with Gasteiger partial charge in [0.05, 0.1) is 11.7 Å². The van der Waals surface area contributed by atoms with Crippen LogP contribution in [0, 0.1) is 0 Å². The molecule has 2 fully saturated rings. The first-order chi connectivity index (χ1) is 12.1. The Labute approximate surface area is 163 Å². The standard InChI is InChI=1S/C19H17Br2N3O/c20-13-3-7-15(8-4-13)22-18-19(25)23-11-1-2-17(23)12-24(18)16-9-5-14(21)6-10-16/h3-10,17H,1-2,11-12H2/t17-/m0/s1. The summed E-state index contributed by atoms with van der Waals surface area (Å²) < 4.78 is 2.02. The molecule has 2 aliphatic rings. The number of fused-ring (bicyclic) bond motifs is 1. The van der Waals surface area contributed by atoms with Crippen LogP contribution in [0.1, 0.15) is 12.8 Å². The molecule has 0 aliphatic carbocycles. The smallest absolute Gasteiger partial charge is 0.290 e. The van der Waals surface area contributed by atoms with Crippen molar-refractivity contribution in [2.24, 2.45) is 4.99 Å². The summed E-state index contributed by atoms with van der Waals surface area (Å²) in [7, 11) is 0. The van der Waals surface area contributed by atoms with Crippen molar-refractivity contribution in [2.45, 2.75) is 18.9 Å². The number of hydrogen-bond donors (Lipinski definition) is 0. The fourth-order valence-corrected chi connectivity index (χ4v) is 3.96. The maximum Gasteiger partial charge on any atom is 0.290 e. The van der Waals surface area contributed by atoms with E-state index in [1.54, 1.807) is 0 Å². The third kappa shape index (κ3) is 3.37. The summed E-state index contributed by atoms with van der Waals surface area (Å²) in [6.07, 6.45) is 2.13. The SMILES string of the molecule is O=C1C(=Nc2ccc(Br)cc2)N(c2ccc(Br)cc2)C[C@@H]2CCCN12. The second-order valence-corrected chi connectivity index (χ2v) is 8.12. The largest absolute Gasteiger partial charge is 0.331 e. The molecule has 2 heterocycles. The predicted octanol–water partition coefficient (Wildman–Crippen LogP) is 4.75. The number of anilines is 1. The van der Waals surface area contributed by atoms with Gasteiger partial charge in [-0.3, -0.25) is 4.79 Å². The van der Waals surface area contributed by atoms with Gasteiger partial charge >= 0.3 is 0 Å². The molecule has 6 heteroatoms. The summed E-state index contributed by atoms with van der Waals surface area (Å²) in [4.78, 5) is 21.8. The molecule has 0 N–H and O–H groups in total. The third-order valence-electron chi connectivity index (χ3n) is 4.68. The normalized spacial score (nSPS) is 21.8. The number of hydrogen-bond acceptors (Lipinski definition) is 2. The van der Waals surface area contributed by atoms with Crippen LogP contribution in [0.2, 0.25) is 0 Å². The van der Waals surface area contributed by atoms with Crippen LogP contribution >= 0.6 is 31.9 Å². The summed E-state index contributed by atoms with van der Waals surface area (Å²) in [5, 5.41) is 0. The molecule has 0 radical (unpaired) electrons. The highest BCUT2D eigenvalue weighted by molar-refractivity contribution is 9.10. The van der Waals surface area contributed by atoms with Gasteiger partial charge in [0.2, 0.25) is 0 Å². The maximum absolute atomic E-state index is 13.1. The van der Waals surface area contributed by atoms with Gasteiger partial charge in [-0.1, -0.05) is 31.9 Å². The van der Waals surface area contributed by atoms with Crippen LogP contribution in [-0.2, 0) is 4.79 Å². The first-order valence-electron chi connectivity index (χ1n) is 8.30. The quantitative estimate of drug-likeness (QED) is 0.645. The fraction of sp³-hybridized carbons (Fsp3) is 0.263. The van der Waals surface area contributed by atoms with Gasteiger partial charge in [-0.15, -0.1) is 0 Å². The summed E-state index contributed by atoms with van der Waals surface area (Å²) >= 11 is 6.91. The average molecular weight is 463 g/mol. The Hall–Kier alpha value is -1.66. The zero-order valence-electron chi connectivity index (χ0n) is 13.5. The van der Waals surface area contributed by atoms with E-state index in [0.29, 0.717) is 5.84 Å². The van der Waals surface area contributed by atoms with Crippen LogP contribution in [0.5, 0.6) is 0 Å². The highest BCUT2D eigenvalue weighted by Crippen LogP contribution is 2.30. The van der Waals surface area contributed by atoms with E-state index in [4.69, 9.17) is 4.99 Å². The molecule has 2 saturated heterocycles. The van der Waals surface area contributed by atoms with Crippen molar-refractivity contribution in [3.8, 4) is 0 Å². The summed E-state index contributed by atoms with van der Waals surface area (Å²) in [6.45, 7) is 1.62. The van der Waals surface area contributed by atoms with E-state index in [1.807, 2.05) is 53.4 Å². The molecule has 4 rings (SSSR count). The highest BCUT2D eigenvalue weighted by Gasteiger charge is 2.40. The molecule has 1 atom stereocenters. The zero-order valence-corrected chi connectivity index (χ0v) is 16.7. The lowest BCUT2D eigenvalue weighted by molar-refractivity contribution is -0.125. The Kier molecular flexibility index (Phi) is 4.65. The van der Waals surface area contributed by atoms with Crippen molar-refractivity contribution in [2.75, 3.05) is 18.0 Å². The minimum absolute atomic E-state index is 0.0274. The maximum atomic E-state index is 13.1. The number of carbonyl (C=O) groups is 1. The second kappa shape index (κ2) is 6.92. The Morgan fingerprint density at radius 1 is 0.960 bits per heavy atom. The molecule has 0 aromatic heterocycles. The Morgan fingerprint density at radius 3 is 2.28 bits per heavy atom. The Morgan fingerprint density at radius 2 is 1.60 bits per heavy atom. The highest BCUT2D eigenvalue weighted by atomic mass is 79.9. The molecule has 2 aliphatic heterocycles. The van der Waals surface area contributed by atoms with E-state index in [-0.39, 0.29) is 11.9 Å². The van der Waals surface area contributed by atoms with E-state index in [0.717, 1.165) is 46.3 Å². The molecule has 0 bridgehead atoms. The third-order valence-corrected chi connectivity index (χ3v) is 5.74. The van der Waals surface area contributed by atoms with Gasteiger partial charge in [-0.05, 0) is 61.4 Å². The van der Waals surface area contributed by atoms with Crippen LogP contribution in [0.4, 0.5) is 11.4 Å². The zero-order chi connectivity index (χ0) is 17.4. The van der Waals surface area contributed by atoms with Crippen molar-refractivity contribution >= 4 is 55.0 Å². The van der Waals surface area contributed by atoms with Crippen molar-refractivity contribution in [3.63, 3.8) is 0 Å². The Balaban J connectivity index is 1.76. The molecule has 4 nitrogen and oxygen atoms in total. The van der Waals surface area contributed by atoms with Gasteiger partial charge in [0.1, 0.15) is 0 Å². The number of halogens is 2. The van der Waals surface area contributed by atoms with E-state index in [1.165, 1.54) is 0 Å². The number of carbonyl (C=O) groups excluding carboxylic acids is 1. The minimum Gasteiger partial charge on any atom is -0.331 e. The number of rotatable bonds is 2.